The molecule has 3 heteroatoms. The first-order valence-corrected chi connectivity index (χ1v) is 5.18. The molecule has 0 radical (unpaired) electrons. The number of anilines is 1. The maximum atomic E-state index is 4.17. The lowest BCUT2D eigenvalue weighted by atomic mass is 10.1. The van der Waals surface area contributed by atoms with Gasteiger partial charge >= 0.3 is 0 Å². The number of benzene rings is 1. The topological polar surface area (TPSA) is 29.9 Å². The van der Waals surface area contributed by atoms with E-state index in [-0.39, 0.29) is 0 Å². The van der Waals surface area contributed by atoms with Gasteiger partial charge in [0.05, 0.1) is 6.20 Å². The Kier molecular flexibility index (Phi) is 2.77. The van der Waals surface area contributed by atoms with E-state index in [0.29, 0.717) is 0 Å². The zero-order valence-electron chi connectivity index (χ0n) is 9.57. The van der Waals surface area contributed by atoms with E-state index in [1.54, 1.807) is 4.68 Å². The van der Waals surface area contributed by atoms with E-state index in [2.05, 4.69) is 35.2 Å². The Morgan fingerprint density at radius 1 is 1.38 bits per heavy atom. The molecule has 1 aromatic heterocycles. The van der Waals surface area contributed by atoms with E-state index in [9.17, 15) is 0 Å². The van der Waals surface area contributed by atoms with Crippen molar-refractivity contribution in [2.45, 2.75) is 0 Å². The van der Waals surface area contributed by atoms with E-state index in [4.69, 9.17) is 0 Å². The number of aryl methyl sites for hydroxylation is 1. The lowest BCUT2D eigenvalue weighted by Crippen LogP contribution is -1.91. The van der Waals surface area contributed by atoms with Crippen LogP contribution in [0.4, 0.5) is 5.69 Å². The fourth-order valence-electron chi connectivity index (χ4n) is 1.70. The summed E-state index contributed by atoms with van der Waals surface area (Å²) < 4.78 is 1.80. The number of nitrogens with one attached hydrogen (secondary N) is 1. The Labute approximate surface area is 95.4 Å². The Hall–Kier alpha value is -2.03. The van der Waals surface area contributed by atoms with E-state index < -0.39 is 0 Å². The summed E-state index contributed by atoms with van der Waals surface area (Å²) in [5.74, 6) is 0. The molecule has 0 fully saturated rings. The van der Waals surface area contributed by atoms with Gasteiger partial charge in [0.25, 0.3) is 0 Å². The van der Waals surface area contributed by atoms with Gasteiger partial charge in [-0.25, -0.2) is 0 Å². The second-order valence-electron chi connectivity index (χ2n) is 3.66. The zero-order valence-corrected chi connectivity index (χ0v) is 9.57. The van der Waals surface area contributed by atoms with Gasteiger partial charge < -0.3 is 5.32 Å². The molecule has 0 aliphatic rings. The van der Waals surface area contributed by atoms with Gasteiger partial charge in [-0.3, -0.25) is 4.68 Å². The average Bonchev–Trinajstić information content (AvgIpc) is 2.75. The molecule has 3 nitrogen and oxygen atoms in total. The Morgan fingerprint density at radius 3 is 2.75 bits per heavy atom. The summed E-state index contributed by atoms with van der Waals surface area (Å²) in [5, 5.41) is 7.33. The highest BCUT2D eigenvalue weighted by Crippen LogP contribution is 2.25. The van der Waals surface area contributed by atoms with E-state index >= 15 is 0 Å². The van der Waals surface area contributed by atoms with Gasteiger partial charge in [-0.05, 0) is 17.2 Å². The van der Waals surface area contributed by atoms with Crippen molar-refractivity contribution in [1.82, 2.24) is 9.78 Å². The van der Waals surface area contributed by atoms with Crippen LogP contribution >= 0.6 is 0 Å². The lowest BCUT2D eigenvalue weighted by Gasteiger charge is -2.07. The number of hydrogen-bond donors (Lipinski definition) is 1. The first kappa shape index (κ1) is 10.5. The first-order chi connectivity index (χ1) is 7.74. The largest absolute Gasteiger partial charge is 0.388 e. The normalized spacial score (nSPS) is 10.1. The predicted octanol–water partition coefficient (Wildman–Crippen LogP) is 2.77. The van der Waals surface area contributed by atoms with Crippen LogP contribution in [-0.4, -0.2) is 16.8 Å². The van der Waals surface area contributed by atoms with Gasteiger partial charge in [0.15, 0.2) is 0 Å². The molecule has 0 bridgehead atoms. The van der Waals surface area contributed by atoms with Crippen LogP contribution in [0.2, 0.25) is 0 Å². The highest BCUT2D eigenvalue weighted by molar-refractivity contribution is 5.74. The van der Waals surface area contributed by atoms with Crippen molar-refractivity contribution in [2.75, 3.05) is 12.4 Å². The summed E-state index contributed by atoms with van der Waals surface area (Å²) in [6, 6.07) is 6.24. The smallest absolute Gasteiger partial charge is 0.0568 e. The average molecular weight is 213 g/mol. The molecule has 0 amide bonds. The molecule has 0 atom stereocenters. The van der Waals surface area contributed by atoms with Crippen LogP contribution < -0.4 is 5.32 Å². The molecule has 16 heavy (non-hydrogen) atoms. The van der Waals surface area contributed by atoms with Crippen molar-refractivity contribution in [3.63, 3.8) is 0 Å². The van der Waals surface area contributed by atoms with Crippen molar-refractivity contribution in [3.8, 4) is 11.1 Å². The van der Waals surface area contributed by atoms with Gasteiger partial charge in [0.1, 0.15) is 0 Å². The van der Waals surface area contributed by atoms with Crippen molar-refractivity contribution in [2.24, 2.45) is 7.05 Å². The van der Waals surface area contributed by atoms with Crippen LogP contribution in [0.15, 0.2) is 37.2 Å². The molecule has 0 saturated heterocycles. The van der Waals surface area contributed by atoms with Crippen LogP contribution in [0.1, 0.15) is 5.56 Å². The number of aromatic nitrogens is 2. The zero-order chi connectivity index (χ0) is 11.5. The van der Waals surface area contributed by atoms with Crippen molar-refractivity contribution < 1.29 is 0 Å². The van der Waals surface area contributed by atoms with Gasteiger partial charge in [0.2, 0.25) is 0 Å². The van der Waals surface area contributed by atoms with Crippen LogP contribution in [0.25, 0.3) is 17.2 Å². The molecule has 2 rings (SSSR count). The molecular formula is C13H15N3. The van der Waals surface area contributed by atoms with Crippen LogP contribution in [-0.2, 0) is 7.05 Å². The third-order valence-corrected chi connectivity index (χ3v) is 2.58. The summed E-state index contributed by atoms with van der Waals surface area (Å²) in [6.07, 6.45) is 5.71. The van der Waals surface area contributed by atoms with Gasteiger partial charge in [-0.2, -0.15) is 5.10 Å². The number of rotatable bonds is 3. The lowest BCUT2D eigenvalue weighted by molar-refractivity contribution is 0.768. The third-order valence-electron chi connectivity index (χ3n) is 2.58. The second-order valence-corrected chi connectivity index (χ2v) is 3.66. The molecule has 0 unspecified atom stereocenters. The molecule has 0 aliphatic heterocycles. The minimum absolute atomic E-state index is 1.08. The summed E-state index contributed by atoms with van der Waals surface area (Å²) >= 11 is 0. The Bertz CT molecular complexity index is 512. The van der Waals surface area contributed by atoms with Gasteiger partial charge in [-0.1, -0.05) is 24.8 Å². The Balaban J connectivity index is 2.47. The summed E-state index contributed by atoms with van der Waals surface area (Å²) in [6.45, 7) is 3.79. The van der Waals surface area contributed by atoms with Gasteiger partial charge in [-0.15, -0.1) is 0 Å². The van der Waals surface area contributed by atoms with Crippen LogP contribution in [0.3, 0.4) is 0 Å². The minimum atomic E-state index is 1.08. The second kappa shape index (κ2) is 4.23. The molecule has 82 valence electrons. The molecule has 1 aromatic carbocycles. The molecular weight excluding hydrogens is 198 g/mol. The highest BCUT2D eigenvalue weighted by atomic mass is 15.2. The predicted molar refractivity (Wildman–Crippen MR) is 68.3 cm³/mol. The fourth-order valence-corrected chi connectivity index (χ4v) is 1.70. The minimum Gasteiger partial charge on any atom is -0.388 e. The monoisotopic (exact) mass is 213 g/mol. The maximum absolute atomic E-state index is 4.17. The van der Waals surface area contributed by atoms with Crippen molar-refractivity contribution in [3.05, 3.63) is 42.7 Å². The van der Waals surface area contributed by atoms with E-state index in [0.717, 1.165) is 22.4 Å². The van der Waals surface area contributed by atoms with Gasteiger partial charge in [0, 0.05) is 31.5 Å². The molecule has 1 heterocycles. The SMILES string of the molecule is C=Cc1ccc(-c2cnn(C)c2)cc1NC. The summed E-state index contributed by atoms with van der Waals surface area (Å²) in [4.78, 5) is 0. The quantitative estimate of drug-likeness (QED) is 0.849. The standard InChI is InChI=1S/C13H15N3/c1-4-10-5-6-11(7-13(10)14-2)12-8-15-16(3)9-12/h4-9,14H,1H2,2-3H3. The summed E-state index contributed by atoms with van der Waals surface area (Å²) in [7, 11) is 3.83. The Morgan fingerprint density at radius 2 is 2.19 bits per heavy atom. The number of hydrogen-bond acceptors (Lipinski definition) is 2. The molecule has 0 spiro atoms. The molecule has 0 saturated carbocycles. The van der Waals surface area contributed by atoms with E-state index in [1.165, 1.54) is 0 Å². The third kappa shape index (κ3) is 1.84. The summed E-state index contributed by atoms with van der Waals surface area (Å²) in [5.41, 5.74) is 4.46. The number of nitrogens with zero attached hydrogens (tertiary/aromatic N) is 2. The van der Waals surface area contributed by atoms with Crippen LogP contribution in [0.5, 0.6) is 0 Å². The van der Waals surface area contributed by atoms with Crippen molar-refractivity contribution in [1.29, 1.82) is 0 Å². The molecule has 0 aliphatic carbocycles. The molecule has 1 N–H and O–H groups in total. The van der Waals surface area contributed by atoms with Crippen molar-refractivity contribution >= 4 is 11.8 Å². The molecule has 2 aromatic rings. The van der Waals surface area contributed by atoms with E-state index in [1.807, 2.05) is 32.6 Å². The van der Waals surface area contributed by atoms with Crippen LogP contribution in [0, 0.1) is 0 Å². The first-order valence-electron chi connectivity index (χ1n) is 5.18. The maximum Gasteiger partial charge on any atom is 0.0568 e. The highest BCUT2D eigenvalue weighted by Gasteiger charge is 2.03. The fraction of sp³-hybridized carbons (Fsp3) is 0.154.